The Balaban J connectivity index is 1.46. The number of piperidine rings is 2. The standard InChI is InChI=1S/C23H33ClN6O3S/c1-28-13-9-23(10-14-28,30-17-25-16-26-30)19-7-11-29(12-8-19)22(31)21(27-34(2,32)33)15-18-3-5-20(24)6-4-18/h3-6,16-17,19,21,27H,7-15H2,1-2H3/t21-/m0/s1. The van der Waals surface area contributed by atoms with Gasteiger partial charge < -0.3 is 9.80 Å². The number of benzene rings is 1. The Morgan fingerprint density at radius 1 is 1.18 bits per heavy atom. The van der Waals surface area contributed by atoms with E-state index in [2.05, 4.69) is 26.8 Å². The average molecular weight is 509 g/mol. The van der Waals surface area contributed by atoms with Gasteiger partial charge in [-0.25, -0.2) is 22.8 Å². The molecule has 3 heterocycles. The maximum absolute atomic E-state index is 13.4. The summed E-state index contributed by atoms with van der Waals surface area (Å²) in [6.07, 6.45) is 8.48. The number of carbonyl (C=O) groups is 1. The van der Waals surface area contributed by atoms with Crippen LogP contribution in [-0.4, -0.2) is 84.4 Å². The monoisotopic (exact) mass is 508 g/mol. The van der Waals surface area contributed by atoms with Crippen molar-refractivity contribution >= 4 is 27.5 Å². The van der Waals surface area contributed by atoms with Crippen LogP contribution in [0.3, 0.4) is 0 Å². The van der Waals surface area contributed by atoms with Crippen LogP contribution in [-0.2, 0) is 26.8 Å². The highest BCUT2D eigenvalue weighted by atomic mass is 35.5. The van der Waals surface area contributed by atoms with E-state index in [0.29, 0.717) is 24.0 Å². The molecule has 1 aromatic heterocycles. The number of hydrogen-bond donors (Lipinski definition) is 1. The predicted molar refractivity (Wildman–Crippen MR) is 131 cm³/mol. The molecule has 2 aliphatic rings. The van der Waals surface area contributed by atoms with Crippen LogP contribution in [0.1, 0.15) is 31.2 Å². The predicted octanol–water partition coefficient (Wildman–Crippen LogP) is 1.75. The zero-order valence-electron chi connectivity index (χ0n) is 19.7. The van der Waals surface area contributed by atoms with Crippen molar-refractivity contribution in [1.29, 1.82) is 0 Å². The Bertz CT molecular complexity index is 1060. The number of carbonyl (C=O) groups excluding carboxylic acids is 1. The number of sulfonamides is 1. The first-order chi connectivity index (χ1) is 16.2. The highest BCUT2D eigenvalue weighted by Crippen LogP contribution is 2.41. The SMILES string of the molecule is CN1CCC(C2CCN(C(=O)[C@H](Cc3ccc(Cl)cc3)NS(C)(=O)=O)CC2)(n2cncn2)CC1. The zero-order chi connectivity index (χ0) is 24.3. The van der Waals surface area contributed by atoms with Gasteiger partial charge in [-0.05, 0) is 62.8 Å². The number of halogens is 1. The number of amides is 1. The average Bonchev–Trinajstić information content (AvgIpc) is 3.35. The molecular formula is C23H33ClN6O3S. The van der Waals surface area contributed by atoms with E-state index in [1.165, 1.54) is 0 Å². The third-order valence-corrected chi connectivity index (χ3v) is 8.27. The van der Waals surface area contributed by atoms with E-state index in [1.54, 1.807) is 23.4 Å². The van der Waals surface area contributed by atoms with Crippen molar-refractivity contribution in [3.8, 4) is 0 Å². The van der Waals surface area contributed by atoms with E-state index in [9.17, 15) is 13.2 Å². The lowest BCUT2D eigenvalue weighted by Gasteiger charge is -2.48. The molecule has 1 N–H and O–H groups in total. The lowest BCUT2D eigenvalue weighted by atomic mass is 9.72. The molecule has 9 nitrogen and oxygen atoms in total. The molecule has 0 radical (unpaired) electrons. The fraction of sp³-hybridized carbons (Fsp3) is 0.609. The van der Waals surface area contributed by atoms with E-state index in [1.807, 2.05) is 23.1 Å². The van der Waals surface area contributed by atoms with Crippen molar-refractivity contribution in [3.05, 3.63) is 47.5 Å². The molecule has 11 heteroatoms. The van der Waals surface area contributed by atoms with Gasteiger partial charge in [0.1, 0.15) is 18.7 Å². The van der Waals surface area contributed by atoms with Crippen molar-refractivity contribution in [2.24, 2.45) is 5.92 Å². The van der Waals surface area contributed by atoms with Gasteiger partial charge in [0.2, 0.25) is 15.9 Å². The van der Waals surface area contributed by atoms with Gasteiger partial charge >= 0.3 is 0 Å². The molecule has 2 aromatic rings. The maximum atomic E-state index is 13.4. The largest absolute Gasteiger partial charge is 0.341 e. The van der Waals surface area contributed by atoms with Crippen LogP contribution >= 0.6 is 11.6 Å². The topological polar surface area (TPSA) is 100 Å². The summed E-state index contributed by atoms with van der Waals surface area (Å²) in [4.78, 5) is 21.8. The van der Waals surface area contributed by atoms with Crippen LogP contribution < -0.4 is 4.72 Å². The van der Waals surface area contributed by atoms with Crippen LogP contribution in [0.15, 0.2) is 36.9 Å². The molecule has 1 amide bonds. The van der Waals surface area contributed by atoms with Crippen LogP contribution in [0.25, 0.3) is 0 Å². The highest BCUT2D eigenvalue weighted by molar-refractivity contribution is 7.88. The second-order valence-electron chi connectivity index (χ2n) is 9.62. The molecule has 1 atom stereocenters. The lowest BCUT2D eigenvalue weighted by Crippen LogP contribution is -2.55. The molecule has 0 saturated carbocycles. The molecule has 34 heavy (non-hydrogen) atoms. The number of nitrogens with one attached hydrogen (secondary N) is 1. The first-order valence-corrected chi connectivity index (χ1v) is 14.0. The van der Waals surface area contributed by atoms with E-state index < -0.39 is 16.1 Å². The van der Waals surface area contributed by atoms with Crippen molar-refractivity contribution in [1.82, 2.24) is 29.3 Å². The Hall–Kier alpha value is -2.01. The number of rotatable bonds is 7. The molecule has 2 saturated heterocycles. The summed E-state index contributed by atoms with van der Waals surface area (Å²) in [5.41, 5.74) is 0.761. The van der Waals surface area contributed by atoms with Gasteiger partial charge in [0.15, 0.2) is 0 Å². The smallest absolute Gasteiger partial charge is 0.241 e. The minimum atomic E-state index is -3.55. The van der Waals surface area contributed by atoms with Crippen LogP contribution in [0.2, 0.25) is 5.02 Å². The van der Waals surface area contributed by atoms with Crippen LogP contribution in [0, 0.1) is 5.92 Å². The molecule has 0 bridgehead atoms. The second-order valence-corrected chi connectivity index (χ2v) is 11.8. The molecule has 2 fully saturated rings. The van der Waals surface area contributed by atoms with Crippen molar-refractivity contribution in [3.63, 3.8) is 0 Å². The van der Waals surface area contributed by atoms with Gasteiger partial charge in [0.25, 0.3) is 0 Å². The van der Waals surface area contributed by atoms with E-state index in [0.717, 1.165) is 50.6 Å². The zero-order valence-corrected chi connectivity index (χ0v) is 21.3. The first-order valence-electron chi connectivity index (χ1n) is 11.7. The van der Waals surface area contributed by atoms with Crippen molar-refractivity contribution in [2.75, 3.05) is 39.5 Å². The fourth-order valence-corrected chi connectivity index (χ4v) is 6.25. The molecule has 0 spiro atoms. The summed E-state index contributed by atoms with van der Waals surface area (Å²) in [5, 5.41) is 5.11. The van der Waals surface area contributed by atoms with Gasteiger partial charge in [0.05, 0.1) is 11.8 Å². The van der Waals surface area contributed by atoms with Gasteiger partial charge in [-0.3, -0.25) is 4.79 Å². The van der Waals surface area contributed by atoms with Crippen molar-refractivity contribution in [2.45, 2.75) is 43.7 Å². The molecule has 0 aliphatic carbocycles. The minimum absolute atomic E-state index is 0.0914. The maximum Gasteiger partial charge on any atom is 0.241 e. The molecule has 0 unspecified atom stereocenters. The van der Waals surface area contributed by atoms with Crippen LogP contribution in [0.5, 0.6) is 0 Å². The Morgan fingerprint density at radius 3 is 2.38 bits per heavy atom. The number of aromatic nitrogens is 3. The van der Waals surface area contributed by atoms with Gasteiger partial charge in [0, 0.05) is 31.2 Å². The molecular weight excluding hydrogens is 476 g/mol. The molecule has 2 aliphatic heterocycles. The second kappa shape index (κ2) is 10.3. The highest BCUT2D eigenvalue weighted by Gasteiger charge is 2.45. The van der Waals surface area contributed by atoms with Gasteiger partial charge in [-0.1, -0.05) is 23.7 Å². The third kappa shape index (κ3) is 5.79. The quantitative estimate of drug-likeness (QED) is 0.611. The molecule has 186 valence electrons. The summed E-state index contributed by atoms with van der Waals surface area (Å²) in [7, 11) is -1.41. The van der Waals surface area contributed by atoms with E-state index >= 15 is 0 Å². The van der Waals surface area contributed by atoms with Crippen LogP contribution in [0.4, 0.5) is 0 Å². The summed E-state index contributed by atoms with van der Waals surface area (Å²) in [6.45, 7) is 3.19. The summed E-state index contributed by atoms with van der Waals surface area (Å²) < 4.78 is 28.6. The summed E-state index contributed by atoms with van der Waals surface area (Å²) in [6, 6.07) is 6.28. The Kier molecular flexibility index (Phi) is 7.61. The lowest BCUT2D eigenvalue weighted by molar-refractivity contribution is -0.135. The first kappa shape index (κ1) is 25.1. The number of nitrogens with zero attached hydrogens (tertiary/aromatic N) is 5. The van der Waals surface area contributed by atoms with E-state index in [4.69, 9.17) is 11.6 Å². The number of hydrogen-bond acceptors (Lipinski definition) is 6. The minimum Gasteiger partial charge on any atom is -0.341 e. The Labute approximate surface area is 206 Å². The molecule has 1 aromatic carbocycles. The molecule has 4 rings (SSSR count). The van der Waals surface area contributed by atoms with Gasteiger partial charge in [-0.15, -0.1) is 0 Å². The number of likely N-dealkylation sites (tertiary alicyclic amines) is 2. The summed E-state index contributed by atoms with van der Waals surface area (Å²) >= 11 is 5.97. The Morgan fingerprint density at radius 2 is 1.82 bits per heavy atom. The van der Waals surface area contributed by atoms with Gasteiger partial charge in [-0.2, -0.15) is 5.10 Å². The van der Waals surface area contributed by atoms with E-state index in [-0.39, 0.29) is 17.9 Å². The third-order valence-electron chi connectivity index (χ3n) is 7.30. The van der Waals surface area contributed by atoms with Crippen molar-refractivity contribution < 1.29 is 13.2 Å². The fourth-order valence-electron chi connectivity index (χ4n) is 5.42. The normalized spacial score (nSPS) is 20.9. The summed E-state index contributed by atoms with van der Waals surface area (Å²) in [5.74, 6) is 0.196.